The second-order valence-corrected chi connectivity index (χ2v) is 11.9. The highest BCUT2D eigenvalue weighted by molar-refractivity contribution is 5.92. The van der Waals surface area contributed by atoms with Crippen molar-refractivity contribution in [1.29, 1.82) is 0 Å². The van der Waals surface area contributed by atoms with Gasteiger partial charge in [0.2, 0.25) is 5.76 Å². The van der Waals surface area contributed by atoms with E-state index >= 15 is 0 Å². The number of aliphatic hydroxyl groups excluding tert-OH is 3. The van der Waals surface area contributed by atoms with Crippen LogP contribution in [0.5, 0.6) is 0 Å². The van der Waals surface area contributed by atoms with Crippen LogP contribution < -0.4 is 0 Å². The van der Waals surface area contributed by atoms with Gasteiger partial charge in [0.05, 0.1) is 25.4 Å². The van der Waals surface area contributed by atoms with Gasteiger partial charge < -0.3 is 29.5 Å². The molecule has 0 saturated heterocycles. The molecule has 0 aromatic rings. The van der Waals surface area contributed by atoms with Crippen LogP contribution in [-0.4, -0.2) is 71.8 Å². The van der Waals surface area contributed by atoms with E-state index < -0.39 is 48.3 Å². The summed E-state index contributed by atoms with van der Waals surface area (Å²) in [6, 6.07) is 0. The number of aliphatic hydroxyl groups is 3. The number of ketones is 1. The Morgan fingerprint density at radius 2 is 1.81 bits per heavy atom. The molecular weight excluding hydrogens is 536 g/mol. The van der Waals surface area contributed by atoms with E-state index in [9.17, 15) is 24.9 Å². The Kier molecular flexibility index (Phi) is 16.3. The molecule has 0 spiro atoms. The van der Waals surface area contributed by atoms with E-state index in [2.05, 4.69) is 0 Å². The minimum absolute atomic E-state index is 0.000107. The van der Waals surface area contributed by atoms with Crippen LogP contribution in [0.15, 0.2) is 59.4 Å². The summed E-state index contributed by atoms with van der Waals surface area (Å²) in [5, 5.41) is 32.2. The number of methoxy groups -OCH3 is 2. The average molecular weight is 591 g/mol. The van der Waals surface area contributed by atoms with Gasteiger partial charge in [-0.15, -0.1) is 0 Å². The van der Waals surface area contributed by atoms with Crippen molar-refractivity contribution >= 4 is 11.8 Å². The molecule has 1 heterocycles. The molecule has 0 aliphatic carbocycles. The minimum Gasteiger partial charge on any atom is -0.490 e. The molecule has 238 valence electrons. The molecule has 0 saturated carbocycles. The monoisotopic (exact) mass is 590 g/mol. The van der Waals surface area contributed by atoms with Crippen LogP contribution in [0.25, 0.3) is 0 Å². The molecule has 0 radical (unpaired) electrons. The maximum Gasteiger partial charge on any atom is 0.373 e. The molecule has 1 rings (SSSR count). The van der Waals surface area contributed by atoms with Gasteiger partial charge in [-0.25, -0.2) is 4.79 Å². The highest BCUT2D eigenvalue weighted by atomic mass is 16.6. The predicted octanol–water partition coefficient (Wildman–Crippen LogP) is 5.09. The van der Waals surface area contributed by atoms with Crippen molar-refractivity contribution in [2.75, 3.05) is 14.2 Å². The van der Waals surface area contributed by atoms with Crippen LogP contribution in [0.3, 0.4) is 0 Å². The Bertz CT molecular complexity index is 1020. The Labute approximate surface area is 252 Å². The molecule has 42 heavy (non-hydrogen) atoms. The van der Waals surface area contributed by atoms with Crippen molar-refractivity contribution in [3.8, 4) is 0 Å². The lowest BCUT2D eigenvalue weighted by Gasteiger charge is -2.33. The van der Waals surface area contributed by atoms with Crippen molar-refractivity contribution in [3.05, 3.63) is 59.4 Å². The number of cyclic esters (lactones) is 1. The number of carbonyl (C=O) groups is 2. The van der Waals surface area contributed by atoms with Crippen LogP contribution in [0.4, 0.5) is 0 Å². The first kappa shape index (κ1) is 37.5. The maximum atomic E-state index is 13.3. The van der Waals surface area contributed by atoms with Crippen LogP contribution >= 0.6 is 0 Å². The second-order valence-electron chi connectivity index (χ2n) is 11.9. The first-order chi connectivity index (χ1) is 19.7. The summed E-state index contributed by atoms with van der Waals surface area (Å²) in [7, 11) is 2.86. The van der Waals surface area contributed by atoms with E-state index in [4.69, 9.17) is 14.2 Å². The van der Waals surface area contributed by atoms with Crippen molar-refractivity contribution < 1.29 is 39.1 Å². The third-order valence-electron chi connectivity index (χ3n) is 8.20. The summed E-state index contributed by atoms with van der Waals surface area (Å²) in [6.45, 7) is 14.8. The lowest BCUT2D eigenvalue weighted by atomic mass is 9.84. The number of ether oxygens (including phenoxy) is 3. The molecule has 10 atom stereocenters. The van der Waals surface area contributed by atoms with Crippen LogP contribution in [0.1, 0.15) is 68.2 Å². The van der Waals surface area contributed by atoms with Gasteiger partial charge in [0.25, 0.3) is 0 Å². The van der Waals surface area contributed by atoms with Crippen molar-refractivity contribution in [2.24, 2.45) is 29.6 Å². The van der Waals surface area contributed by atoms with Crippen molar-refractivity contribution in [1.82, 2.24) is 0 Å². The lowest BCUT2D eigenvalue weighted by molar-refractivity contribution is -0.162. The van der Waals surface area contributed by atoms with E-state index in [1.165, 1.54) is 20.3 Å². The molecule has 3 N–H and O–H groups in total. The number of hydrogen-bond donors (Lipinski definition) is 3. The number of hydrogen-bond acceptors (Lipinski definition) is 8. The van der Waals surface area contributed by atoms with Gasteiger partial charge in [-0.1, -0.05) is 83.1 Å². The van der Waals surface area contributed by atoms with Crippen molar-refractivity contribution in [3.63, 3.8) is 0 Å². The van der Waals surface area contributed by atoms with Gasteiger partial charge in [-0.05, 0) is 44.8 Å². The smallest absolute Gasteiger partial charge is 0.373 e. The van der Waals surface area contributed by atoms with E-state index in [-0.39, 0.29) is 29.3 Å². The normalized spacial score (nSPS) is 28.5. The van der Waals surface area contributed by atoms with Crippen LogP contribution in [0, 0.1) is 29.6 Å². The Hall–Kier alpha value is -2.52. The summed E-state index contributed by atoms with van der Waals surface area (Å²) < 4.78 is 17.0. The predicted molar refractivity (Wildman–Crippen MR) is 165 cm³/mol. The molecule has 8 nitrogen and oxygen atoms in total. The number of rotatable bonds is 10. The molecule has 0 aromatic heterocycles. The third kappa shape index (κ3) is 11.3. The molecule has 0 bridgehead atoms. The van der Waals surface area contributed by atoms with Gasteiger partial charge in [0, 0.05) is 30.8 Å². The largest absolute Gasteiger partial charge is 0.490 e. The van der Waals surface area contributed by atoms with E-state index in [0.717, 1.165) is 11.1 Å². The van der Waals surface area contributed by atoms with Crippen LogP contribution in [0.2, 0.25) is 0 Å². The Morgan fingerprint density at radius 3 is 2.38 bits per heavy atom. The topological polar surface area (TPSA) is 123 Å². The average Bonchev–Trinajstić information content (AvgIpc) is 2.96. The van der Waals surface area contributed by atoms with E-state index in [0.29, 0.717) is 12.8 Å². The van der Waals surface area contributed by atoms with Gasteiger partial charge >= 0.3 is 5.97 Å². The fourth-order valence-corrected chi connectivity index (χ4v) is 5.21. The molecule has 0 fully saturated rings. The number of carbonyl (C=O) groups excluding carboxylic acids is 2. The Balaban J connectivity index is 3.47. The van der Waals surface area contributed by atoms with Gasteiger partial charge in [0.1, 0.15) is 12.2 Å². The fourth-order valence-electron chi connectivity index (χ4n) is 5.21. The Morgan fingerprint density at radius 1 is 1.17 bits per heavy atom. The van der Waals surface area contributed by atoms with E-state index in [1.54, 1.807) is 32.1 Å². The molecule has 0 amide bonds. The summed E-state index contributed by atoms with van der Waals surface area (Å²) in [6.07, 6.45) is 9.24. The SMILES string of the molecule is CCC(O)C(C)C=CC(=O)C(C)C(O)C(C)C1OC(=O)C(OC)=CC(C)=CC(C)C(O)C(C)CC(C)=CC=CC1OC. The third-order valence-corrected chi connectivity index (χ3v) is 8.20. The first-order valence-corrected chi connectivity index (χ1v) is 15.0. The molecule has 10 unspecified atom stereocenters. The summed E-state index contributed by atoms with van der Waals surface area (Å²) in [5.74, 6) is -2.96. The van der Waals surface area contributed by atoms with E-state index in [1.807, 2.05) is 59.8 Å². The zero-order valence-corrected chi connectivity index (χ0v) is 27.1. The summed E-state index contributed by atoms with van der Waals surface area (Å²) in [4.78, 5) is 26.3. The fraction of sp³-hybridized carbons (Fsp3) is 0.647. The minimum atomic E-state index is -1.17. The quantitative estimate of drug-likeness (QED) is 0.237. The van der Waals surface area contributed by atoms with Crippen LogP contribution in [-0.2, 0) is 23.8 Å². The summed E-state index contributed by atoms with van der Waals surface area (Å²) >= 11 is 0. The zero-order valence-electron chi connectivity index (χ0n) is 27.1. The lowest BCUT2D eigenvalue weighted by Crippen LogP contribution is -2.45. The molecule has 1 aliphatic heterocycles. The van der Waals surface area contributed by atoms with Gasteiger partial charge in [0.15, 0.2) is 5.78 Å². The molecular formula is C34H54O8. The maximum absolute atomic E-state index is 13.3. The number of esters is 1. The van der Waals surface area contributed by atoms with Gasteiger partial charge in [-0.3, -0.25) is 4.79 Å². The van der Waals surface area contributed by atoms with Crippen molar-refractivity contribution in [2.45, 2.75) is 98.8 Å². The highest BCUT2D eigenvalue weighted by Crippen LogP contribution is 2.27. The standard InChI is InChI=1S/C34H54O8/c1-11-27(35)22(4)15-16-28(36)25(7)32(38)26(8)33-29(40-9)14-12-13-20(2)17-23(5)31(37)24(6)18-21(3)19-30(41-10)34(39)42-33/h12-16,18-19,22-27,29,31-33,35,37-38H,11,17H2,1-10H3. The van der Waals surface area contributed by atoms with Gasteiger partial charge in [-0.2, -0.15) is 0 Å². The molecule has 8 heteroatoms. The first-order valence-electron chi connectivity index (χ1n) is 15.0. The number of allylic oxidation sites excluding steroid dienone is 6. The second kappa shape index (κ2) is 18.2. The zero-order chi connectivity index (χ0) is 32.1. The molecule has 1 aliphatic rings. The molecule has 0 aromatic carbocycles. The highest BCUT2D eigenvalue weighted by Gasteiger charge is 2.38. The summed E-state index contributed by atoms with van der Waals surface area (Å²) in [5.41, 5.74) is 1.78.